The summed E-state index contributed by atoms with van der Waals surface area (Å²) in [5.74, 6) is 3.19. The number of aliphatic carboxylic acids is 1. The molecule has 3 fully saturated rings. The van der Waals surface area contributed by atoms with E-state index in [2.05, 4.69) is 12.2 Å². The van der Waals surface area contributed by atoms with E-state index in [9.17, 15) is 9.90 Å². The van der Waals surface area contributed by atoms with E-state index >= 15 is 0 Å². The van der Waals surface area contributed by atoms with Gasteiger partial charge in [0.15, 0.2) is 0 Å². The number of hydrogen-bond donors (Lipinski definition) is 0. The molecular formula is C14H17NaO2. The van der Waals surface area contributed by atoms with Crippen molar-refractivity contribution < 1.29 is 39.5 Å². The molecule has 3 heteroatoms. The number of rotatable bonds is 1. The summed E-state index contributed by atoms with van der Waals surface area (Å²) in [7, 11) is 0. The summed E-state index contributed by atoms with van der Waals surface area (Å²) in [5.41, 5.74) is -0.524. The zero-order chi connectivity index (χ0) is 11.1. The van der Waals surface area contributed by atoms with Gasteiger partial charge < -0.3 is 9.90 Å². The Labute approximate surface area is 124 Å². The molecule has 86 valence electrons. The number of allylic oxidation sites excluding steroid dienone is 2. The van der Waals surface area contributed by atoms with Gasteiger partial charge in [0.1, 0.15) is 0 Å². The van der Waals surface area contributed by atoms with E-state index < -0.39 is 11.4 Å². The SMILES string of the molecule is CC1(C(=O)[O-])CC2CC1C1C3C=CC(C3)C21.[Na+]. The van der Waals surface area contributed by atoms with Gasteiger partial charge in [0.2, 0.25) is 0 Å². The predicted molar refractivity (Wildman–Crippen MR) is 57.0 cm³/mol. The van der Waals surface area contributed by atoms with Crippen molar-refractivity contribution in [2.45, 2.75) is 26.2 Å². The average Bonchev–Trinajstić information content (AvgIpc) is 2.92. The average molecular weight is 240 g/mol. The van der Waals surface area contributed by atoms with Crippen molar-refractivity contribution in [3.8, 4) is 0 Å². The second-order valence-corrected chi connectivity index (χ2v) is 6.61. The number of carbonyl (C=O) groups excluding carboxylic acids is 1. The first-order valence-corrected chi connectivity index (χ1v) is 6.51. The number of carboxylic acids is 1. The van der Waals surface area contributed by atoms with Crippen LogP contribution < -0.4 is 34.7 Å². The maximum atomic E-state index is 11.4. The minimum Gasteiger partial charge on any atom is -0.550 e. The first-order valence-electron chi connectivity index (χ1n) is 6.51. The Balaban J connectivity index is 0.000000902. The topological polar surface area (TPSA) is 40.1 Å². The standard InChI is InChI=1S/C14H18O2.Na/c1-14(13(15)16)6-9-5-10(14)12-8-3-2-7(4-8)11(9)12;/h2-3,7-12H,4-6H2,1H3,(H,15,16);/q;+1/p-1. The molecule has 0 amide bonds. The molecule has 7 unspecified atom stereocenters. The Bertz CT molecular complexity index is 405. The van der Waals surface area contributed by atoms with Gasteiger partial charge in [-0.05, 0) is 54.8 Å². The fourth-order valence-corrected chi connectivity index (χ4v) is 5.60. The molecule has 0 saturated heterocycles. The molecule has 4 aliphatic rings. The van der Waals surface area contributed by atoms with Crippen LogP contribution in [0.5, 0.6) is 0 Å². The maximum absolute atomic E-state index is 11.4. The summed E-state index contributed by atoms with van der Waals surface area (Å²) in [6.45, 7) is 1.93. The maximum Gasteiger partial charge on any atom is 1.00 e. The quantitative estimate of drug-likeness (QED) is 0.309. The van der Waals surface area contributed by atoms with E-state index in [-0.39, 0.29) is 29.6 Å². The Morgan fingerprint density at radius 1 is 1.24 bits per heavy atom. The van der Waals surface area contributed by atoms with Gasteiger partial charge in [-0.1, -0.05) is 19.1 Å². The van der Waals surface area contributed by atoms with Crippen molar-refractivity contribution in [3.63, 3.8) is 0 Å². The fraction of sp³-hybridized carbons (Fsp3) is 0.786. The largest absolute Gasteiger partial charge is 1.00 e. The van der Waals surface area contributed by atoms with Crippen molar-refractivity contribution in [2.75, 3.05) is 0 Å². The van der Waals surface area contributed by atoms with E-state index in [0.717, 1.165) is 24.7 Å². The molecule has 0 aromatic heterocycles. The Hall–Kier alpha value is 0.210. The van der Waals surface area contributed by atoms with Crippen LogP contribution in [0.2, 0.25) is 0 Å². The molecule has 0 radical (unpaired) electrons. The third kappa shape index (κ3) is 1.30. The minimum atomic E-state index is -0.801. The first-order chi connectivity index (χ1) is 7.61. The molecule has 7 atom stereocenters. The van der Waals surface area contributed by atoms with Crippen LogP contribution in [0.15, 0.2) is 12.2 Å². The zero-order valence-corrected chi connectivity index (χ0v) is 12.6. The molecule has 0 N–H and O–H groups in total. The number of fused-ring (bicyclic) bond motifs is 9. The Morgan fingerprint density at radius 2 is 1.88 bits per heavy atom. The van der Waals surface area contributed by atoms with Crippen LogP contribution in [0.3, 0.4) is 0 Å². The van der Waals surface area contributed by atoms with Crippen molar-refractivity contribution >= 4 is 5.97 Å². The molecule has 0 aromatic rings. The summed E-state index contributed by atoms with van der Waals surface area (Å²) >= 11 is 0. The molecule has 0 spiro atoms. The van der Waals surface area contributed by atoms with Crippen LogP contribution in [0.1, 0.15) is 26.2 Å². The van der Waals surface area contributed by atoms with Gasteiger partial charge in [0.05, 0.1) is 0 Å². The molecule has 2 nitrogen and oxygen atoms in total. The minimum absolute atomic E-state index is 0. The molecular weight excluding hydrogens is 223 g/mol. The summed E-state index contributed by atoms with van der Waals surface area (Å²) in [4.78, 5) is 11.4. The smallest absolute Gasteiger partial charge is 0.550 e. The van der Waals surface area contributed by atoms with Crippen LogP contribution in [-0.2, 0) is 4.79 Å². The van der Waals surface area contributed by atoms with Gasteiger partial charge in [-0.2, -0.15) is 0 Å². The molecule has 0 aromatic carbocycles. The van der Waals surface area contributed by atoms with Gasteiger partial charge in [-0.3, -0.25) is 0 Å². The molecule has 0 heterocycles. The summed E-state index contributed by atoms with van der Waals surface area (Å²) < 4.78 is 0. The van der Waals surface area contributed by atoms with Crippen LogP contribution in [0.4, 0.5) is 0 Å². The van der Waals surface area contributed by atoms with E-state index in [0.29, 0.717) is 23.7 Å². The molecule has 4 aliphatic carbocycles. The van der Waals surface area contributed by atoms with Crippen LogP contribution in [0, 0.1) is 40.9 Å². The Kier molecular flexibility index (Phi) is 2.61. The normalized spacial score (nSPS) is 57.0. The third-order valence-corrected chi connectivity index (χ3v) is 6.12. The summed E-state index contributed by atoms with van der Waals surface area (Å²) in [6.07, 6.45) is 8.06. The number of carbonyl (C=O) groups is 1. The van der Waals surface area contributed by atoms with Crippen molar-refractivity contribution in [1.29, 1.82) is 0 Å². The van der Waals surface area contributed by atoms with Crippen molar-refractivity contribution in [3.05, 3.63) is 12.2 Å². The van der Waals surface area contributed by atoms with Crippen molar-refractivity contribution in [2.24, 2.45) is 40.9 Å². The third-order valence-electron chi connectivity index (χ3n) is 6.12. The second kappa shape index (κ2) is 3.61. The fourth-order valence-electron chi connectivity index (χ4n) is 5.60. The monoisotopic (exact) mass is 240 g/mol. The molecule has 3 saturated carbocycles. The molecule has 17 heavy (non-hydrogen) atoms. The Morgan fingerprint density at radius 3 is 2.53 bits per heavy atom. The molecule has 4 bridgehead atoms. The van der Waals surface area contributed by atoms with E-state index in [1.54, 1.807) is 0 Å². The molecule has 0 aliphatic heterocycles. The molecule has 4 rings (SSSR count). The van der Waals surface area contributed by atoms with Crippen LogP contribution in [-0.4, -0.2) is 5.97 Å². The van der Waals surface area contributed by atoms with E-state index in [1.165, 1.54) is 6.42 Å². The first kappa shape index (κ1) is 12.3. The van der Waals surface area contributed by atoms with Crippen LogP contribution >= 0.6 is 0 Å². The zero-order valence-electron chi connectivity index (χ0n) is 10.6. The summed E-state index contributed by atoms with van der Waals surface area (Å²) in [5, 5.41) is 11.4. The van der Waals surface area contributed by atoms with Gasteiger partial charge >= 0.3 is 29.6 Å². The number of hydrogen-bond acceptors (Lipinski definition) is 2. The predicted octanol–water partition coefficient (Wildman–Crippen LogP) is -1.78. The van der Waals surface area contributed by atoms with Gasteiger partial charge in [0, 0.05) is 11.4 Å². The van der Waals surface area contributed by atoms with Crippen LogP contribution in [0.25, 0.3) is 0 Å². The van der Waals surface area contributed by atoms with E-state index in [4.69, 9.17) is 0 Å². The second-order valence-electron chi connectivity index (χ2n) is 6.61. The van der Waals surface area contributed by atoms with Gasteiger partial charge in [-0.15, -0.1) is 0 Å². The van der Waals surface area contributed by atoms with Gasteiger partial charge in [-0.25, -0.2) is 0 Å². The number of carboxylic acid groups (broad SMARTS) is 1. The van der Waals surface area contributed by atoms with Gasteiger partial charge in [0.25, 0.3) is 0 Å². The van der Waals surface area contributed by atoms with Crippen molar-refractivity contribution in [1.82, 2.24) is 0 Å². The van der Waals surface area contributed by atoms with E-state index in [1.807, 2.05) is 6.92 Å². The summed E-state index contributed by atoms with van der Waals surface area (Å²) in [6, 6.07) is 0.